The van der Waals surface area contributed by atoms with Crippen molar-refractivity contribution in [3.8, 4) is 11.5 Å². The van der Waals surface area contributed by atoms with Crippen LogP contribution in [0.15, 0.2) is 30.9 Å². The molecule has 0 saturated carbocycles. The Hall–Kier alpha value is -1.44. The predicted molar refractivity (Wildman–Crippen MR) is 76.5 cm³/mol. The molecule has 1 aromatic carbocycles. The van der Waals surface area contributed by atoms with Crippen LogP contribution < -0.4 is 9.47 Å². The van der Waals surface area contributed by atoms with Gasteiger partial charge in [-0.25, -0.2) is 0 Å². The Labute approximate surface area is 111 Å². The van der Waals surface area contributed by atoms with Crippen molar-refractivity contribution in [3.05, 3.63) is 36.4 Å². The van der Waals surface area contributed by atoms with Crippen LogP contribution in [-0.2, 0) is 6.42 Å². The van der Waals surface area contributed by atoms with E-state index in [0.717, 1.165) is 56.0 Å². The van der Waals surface area contributed by atoms with E-state index >= 15 is 0 Å². The van der Waals surface area contributed by atoms with Gasteiger partial charge in [0.15, 0.2) is 0 Å². The summed E-state index contributed by atoms with van der Waals surface area (Å²) in [6, 6.07) is 6.03. The van der Waals surface area contributed by atoms with Gasteiger partial charge in [0, 0.05) is 5.56 Å². The minimum absolute atomic E-state index is 0.754. The fraction of sp³-hybridized carbons (Fsp3) is 0.500. The van der Waals surface area contributed by atoms with Gasteiger partial charge < -0.3 is 9.47 Å². The highest BCUT2D eigenvalue weighted by Crippen LogP contribution is 2.25. The van der Waals surface area contributed by atoms with Gasteiger partial charge in [0.1, 0.15) is 11.5 Å². The van der Waals surface area contributed by atoms with E-state index in [2.05, 4.69) is 26.5 Å². The maximum atomic E-state index is 5.79. The molecule has 0 radical (unpaired) electrons. The second-order valence-corrected chi connectivity index (χ2v) is 4.31. The lowest BCUT2D eigenvalue weighted by atomic mass is 10.1. The van der Waals surface area contributed by atoms with Crippen LogP contribution in [0.1, 0.15) is 38.7 Å². The number of hydrogen-bond donors (Lipinski definition) is 0. The molecule has 18 heavy (non-hydrogen) atoms. The van der Waals surface area contributed by atoms with Crippen molar-refractivity contribution in [3.63, 3.8) is 0 Å². The fourth-order valence-electron chi connectivity index (χ4n) is 1.65. The first-order valence-electron chi connectivity index (χ1n) is 6.81. The lowest BCUT2D eigenvalue weighted by Gasteiger charge is -2.12. The smallest absolute Gasteiger partial charge is 0.123 e. The van der Waals surface area contributed by atoms with Crippen LogP contribution in [0.4, 0.5) is 0 Å². The summed E-state index contributed by atoms with van der Waals surface area (Å²) in [4.78, 5) is 0. The predicted octanol–water partition coefficient (Wildman–Crippen LogP) is 4.38. The zero-order chi connectivity index (χ0) is 13.2. The van der Waals surface area contributed by atoms with Crippen molar-refractivity contribution in [2.24, 2.45) is 0 Å². The second kappa shape index (κ2) is 8.62. The molecular weight excluding hydrogens is 224 g/mol. The maximum Gasteiger partial charge on any atom is 0.123 e. The third-order valence-electron chi connectivity index (χ3n) is 2.62. The molecule has 2 nitrogen and oxygen atoms in total. The number of rotatable bonds is 9. The van der Waals surface area contributed by atoms with Crippen LogP contribution in [0, 0.1) is 0 Å². The molecule has 0 atom stereocenters. The molecule has 1 aromatic rings. The molecule has 0 aromatic heterocycles. The van der Waals surface area contributed by atoms with E-state index in [4.69, 9.17) is 9.47 Å². The van der Waals surface area contributed by atoms with Gasteiger partial charge in [0.05, 0.1) is 13.2 Å². The Morgan fingerprint density at radius 3 is 2.61 bits per heavy atom. The first-order valence-corrected chi connectivity index (χ1v) is 6.81. The van der Waals surface area contributed by atoms with E-state index in [1.54, 1.807) is 0 Å². The molecule has 1 rings (SSSR count). The normalized spacial score (nSPS) is 10.1. The van der Waals surface area contributed by atoms with E-state index in [1.165, 1.54) is 0 Å². The standard InChI is InChI=1S/C16H24O2/c1-4-7-12-18-16-10-9-15(17-11-6-3)13-14(16)8-5-2/h5,9-10,13H,2,4,6-8,11-12H2,1,3H3. The third kappa shape index (κ3) is 4.82. The number of benzene rings is 1. The van der Waals surface area contributed by atoms with Crippen LogP contribution in [-0.4, -0.2) is 13.2 Å². The van der Waals surface area contributed by atoms with E-state index in [1.807, 2.05) is 18.2 Å². The van der Waals surface area contributed by atoms with Gasteiger partial charge in [-0.05, 0) is 37.5 Å². The first-order chi connectivity index (χ1) is 8.81. The molecule has 0 aliphatic carbocycles. The number of allylic oxidation sites excluding steroid dienone is 1. The van der Waals surface area contributed by atoms with Crippen LogP contribution in [0.2, 0.25) is 0 Å². The average molecular weight is 248 g/mol. The lowest BCUT2D eigenvalue weighted by Crippen LogP contribution is -2.01. The van der Waals surface area contributed by atoms with Crippen LogP contribution in [0.25, 0.3) is 0 Å². The Balaban J connectivity index is 2.72. The summed E-state index contributed by atoms with van der Waals surface area (Å²) in [7, 11) is 0. The molecule has 2 heteroatoms. The van der Waals surface area contributed by atoms with E-state index < -0.39 is 0 Å². The Bertz CT molecular complexity index is 358. The van der Waals surface area contributed by atoms with Gasteiger partial charge in [-0.3, -0.25) is 0 Å². The number of ether oxygens (including phenoxy) is 2. The van der Waals surface area contributed by atoms with Crippen molar-refractivity contribution in [1.29, 1.82) is 0 Å². The lowest BCUT2D eigenvalue weighted by molar-refractivity contribution is 0.301. The Morgan fingerprint density at radius 2 is 1.94 bits per heavy atom. The molecule has 0 bridgehead atoms. The maximum absolute atomic E-state index is 5.79. The molecule has 0 amide bonds. The molecule has 0 aliphatic rings. The second-order valence-electron chi connectivity index (χ2n) is 4.31. The summed E-state index contributed by atoms with van der Waals surface area (Å²) in [5.74, 6) is 1.86. The highest BCUT2D eigenvalue weighted by molar-refractivity contribution is 5.41. The van der Waals surface area contributed by atoms with Crippen molar-refractivity contribution >= 4 is 0 Å². The van der Waals surface area contributed by atoms with Crippen LogP contribution >= 0.6 is 0 Å². The fourth-order valence-corrected chi connectivity index (χ4v) is 1.65. The van der Waals surface area contributed by atoms with Gasteiger partial charge in [-0.2, -0.15) is 0 Å². The van der Waals surface area contributed by atoms with Gasteiger partial charge >= 0.3 is 0 Å². The molecule has 0 N–H and O–H groups in total. The zero-order valence-electron chi connectivity index (χ0n) is 11.6. The Morgan fingerprint density at radius 1 is 1.11 bits per heavy atom. The highest BCUT2D eigenvalue weighted by Gasteiger charge is 2.05. The monoisotopic (exact) mass is 248 g/mol. The number of unbranched alkanes of at least 4 members (excludes halogenated alkanes) is 1. The first kappa shape index (κ1) is 14.6. The summed E-state index contributed by atoms with van der Waals surface area (Å²) >= 11 is 0. The molecule has 0 heterocycles. The molecule has 0 fully saturated rings. The Kier molecular flexibility index (Phi) is 7.00. The minimum atomic E-state index is 0.754. The van der Waals surface area contributed by atoms with Gasteiger partial charge in [0.25, 0.3) is 0 Å². The summed E-state index contributed by atoms with van der Waals surface area (Å²) in [6.45, 7) is 9.58. The van der Waals surface area contributed by atoms with Gasteiger partial charge in [-0.15, -0.1) is 6.58 Å². The highest BCUT2D eigenvalue weighted by atomic mass is 16.5. The quantitative estimate of drug-likeness (QED) is 0.477. The molecule has 0 spiro atoms. The summed E-state index contributed by atoms with van der Waals surface area (Å²) in [5.41, 5.74) is 1.15. The molecular formula is C16H24O2. The number of hydrogen-bond acceptors (Lipinski definition) is 2. The van der Waals surface area contributed by atoms with Crippen molar-refractivity contribution in [1.82, 2.24) is 0 Å². The van der Waals surface area contributed by atoms with E-state index in [0.29, 0.717) is 0 Å². The average Bonchev–Trinajstić information content (AvgIpc) is 2.39. The van der Waals surface area contributed by atoms with E-state index in [-0.39, 0.29) is 0 Å². The zero-order valence-corrected chi connectivity index (χ0v) is 11.6. The van der Waals surface area contributed by atoms with Gasteiger partial charge in [0.2, 0.25) is 0 Å². The van der Waals surface area contributed by atoms with Gasteiger partial charge in [-0.1, -0.05) is 26.3 Å². The molecule has 0 unspecified atom stereocenters. The SMILES string of the molecule is C=CCc1cc(OCCC)ccc1OCCCC. The molecule has 0 saturated heterocycles. The van der Waals surface area contributed by atoms with Crippen molar-refractivity contribution in [2.45, 2.75) is 39.5 Å². The molecule has 0 aliphatic heterocycles. The minimum Gasteiger partial charge on any atom is -0.494 e. The largest absolute Gasteiger partial charge is 0.494 e. The van der Waals surface area contributed by atoms with Crippen LogP contribution in [0.3, 0.4) is 0 Å². The topological polar surface area (TPSA) is 18.5 Å². The van der Waals surface area contributed by atoms with Crippen molar-refractivity contribution in [2.75, 3.05) is 13.2 Å². The van der Waals surface area contributed by atoms with Crippen LogP contribution in [0.5, 0.6) is 11.5 Å². The third-order valence-corrected chi connectivity index (χ3v) is 2.62. The summed E-state index contributed by atoms with van der Waals surface area (Å²) in [6.07, 6.45) is 5.96. The van der Waals surface area contributed by atoms with Crippen molar-refractivity contribution < 1.29 is 9.47 Å². The summed E-state index contributed by atoms with van der Waals surface area (Å²) < 4.78 is 11.4. The molecule has 100 valence electrons. The summed E-state index contributed by atoms with van der Waals surface area (Å²) in [5, 5.41) is 0. The van der Waals surface area contributed by atoms with E-state index in [9.17, 15) is 0 Å².